The van der Waals surface area contributed by atoms with Gasteiger partial charge in [0.15, 0.2) is 0 Å². The van der Waals surface area contributed by atoms with E-state index >= 15 is 0 Å². The fourth-order valence-electron chi connectivity index (χ4n) is 2.52. The van der Waals surface area contributed by atoms with Gasteiger partial charge in [-0.1, -0.05) is 12.8 Å². The normalized spacial score (nSPS) is 34.9. The quantitative estimate of drug-likeness (QED) is 0.774. The van der Waals surface area contributed by atoms with Crippen LogP contribution in [0, 0.1) is 5.92 Å². The van der Waals surface area contributed by atoms with E-state index in [4.69, 9.17) is 16.3 Å². The first-order valence-electron chi connectivity index (χ1n) is 6.31. The van der Waals surface area contributed by atoms with Gasteiger partial charge in [0.05, 0.1) is 0 Å². The minimum Gasteiger partial charge on any atom is -0.368 e. The highest BCUT2D eigenvalue weighted by molar-refractivity contribution is 6.20. The lowest BCUT2D eigenvalue weighted by molar-refractivity contribution is -0.130. The Bertz CT molecular complexity index is 241. The van der Waals surface area contributed by atoms with Gasteiger partial charge in [-0.3, -0.25) is 4.79 Å². The van der Waals surface area contributed by atoms with E-state index in [1.165, 1.54) is 12.8 Å². The van der Waals surface area contributed by atoms with Gasteiger partial charge in [0, 0.05) is 18.5 Å². The number of amides is 1. The maximum absolute atomic E-state index is 11.7. The smallest absolute Gasteiger partial charge is 0.249 e. The molecule has 1 aliphatic heterocycles. The van der Waals surface area contributed by atoms with Crippen LogP contribution in [0.2, 0.25) is 0 Å². The van der Waals surface area contributed by atoms with Gasteiger partial charge >= 0.3 is 0 Å². The zero-order valence-electron chi connectivity index (χ0n) is 9.58. The number of rotatable bonds is 3. The highest BCUT2D eigenvalue weighted by atomic mass is 35.5. The van der Waals surface area contributed by atoms with Gasteiger partial charge < -0.3 is 10.1 Å². The van der Waals surface area contributed by atoms with Crippen molar-refractivity contribution in [3.05, 3.63) is 0 Å². The monoisotopic (exact) mass is 245 g/mol. The fraction of sp³-hybridized carbons (Fsp3) is 0.917. The summed E-state index contributed by atoms with van der Waals surface area (Å²) < 4.78 is 5.34. The first kappa shape index (κ1) is 12.2. The summed E-state index contributed by atoms with van der Waals surface area (Å²) in [5.74, 6) is 0.493. The predicted octanol–water partition coefficient (Wildman–Crippen LogP) is 2.08. The Labute approximate surface area is 102 Å². The summed E-state index contributed by atoms with van der Waals surface area (Å²) in [5, 5.41) is 3.21. The van der Waals surface area contributed by atoms with Crippen LogP contribution in [0.25, 0.3) is 0 Å². The molecule has 1 amide bonds. The summed E-state index contributed by atoms with van der Waals surface area (Å²) in [4.78, 5) is 11.7. The molecule has 0 bridgehead atoms. The molecule has 1 saturated carbocycles. The van der Waals surface area contributed by atoms with Crippen molar-refractivity contribution in [2.75, 3.05) is 13.2 Å². The maximum atomic E-state index is 11.7. The lowest BCUT2D eigenvalue weighted by Gasteiger charge is -2.27. The summed E-state index contributed by atoms with van der Waals surface area (Å²) in [6.07, 6.45) is 6.34. The third-order valence-corrected chi connectivity index (χ3v) is 4.15. The molecule has 1 heterocycles. The number of ether oxygens (including phenoxy) is 1. The number of carbonyl (C=O) groups excluding carboxylic acids is 1. The second-order valence-corrected chi connectivity index (χ2v) is 5.37. The molecular formula is C12H20ClNO2. The molecule has 2 aliphatic rings. The van der Waals surface area contributed by atoms with E-state index in [1.54, 1.807) is 0 Å². The molecule has 2 rings (SSSR count). The molecular weight excluding hydrogens is 226 g/mol. The van der Waals surface area contributed by atoms with Crippen LogP contribution in [0.4, 0.5) is 0 Å². The van der Waals surface area contributed by atoms with E-state index in [-0.39, 0.29) is 17.4 Å². The topological polar surface area (TPSA) is 38.3 Å². The molecule has 0 radical (unpaired) electrons. The van der Waals surface area contributed by atoms with Crippen LogP contribution in [0.3, 0.4) is 0 Å². The van der Waals surface area contributed by atoms with E-state index in [0.717, 1.165) is 32.3 Å². The molecule has 0 aromatic rings. The third-order valence-electron chi connectivity index (χ3n) is 3.58. The first-order chi connectivity index (χ1) is 7.77. The molecule has 0 aromatic carbocycles. The van der Waals surface area contributed by atoms with Crippen molar-refractivity contribution >= 4 is 17.5 Å². The minimum atomic E-state index is -0.211. The minimum absolute atomic E-state index is 0.0481. The van der Waals surface area contributed by atoms with E-state index < -0.39 is 0 Å². The van der Waals surface area contributed by atoms with Crippen molar-refractivity contribution in [2.45, 2.75) is 50.0 Å². The number of hydrogen-bond acceptors (Lipinski definition) is 2. The van der Waals surface area contributed by atoms with E-state index in [1.807, 2.05) is 0 Å². The standard InChI is InChI=1S/C12H20ClNO2/c13-10-5-2-1-4-9(10)8-14-12(15)11-6-3-7-16-11/h9-11H,1-8H2,(H,14,15). The number of nitrogens with one attached hydrogen (secondary N) is 1. The summed E-state index contributed by atoms with van der Waals surface area (Å²) >= 11 is 6.24. The Morgan fingerprint density at radius 2 is 2.06 bits per heavy atom. The summed E-state index contributed by atoms with van der Waals surface area (Å²) in [7, 11) is 0. The van der Waals surface area contributed by atoms with Gasteiger partial charge in [-0.05, 0) is 31.6 Å². The van der Waals surface area contributed by atoms with Gasteiger partial charge in [-0.25, -0.2) is 0 Å². The van der Waals surface area contributed by atoms with Crippen molar-refractivity contribution in [1.29, 1.82) is 0 Å². The lowest BCUT2D eigenvalue weighted by atomic mass is 9.88. The summed E-state index contributed by atoms with van der Waals surface area (Å²) in [6.45, 7) is 1.44. The predicted molar refractivity (Wildman–Crippen MR) is 63.6 cm³/mol. The Kier molecular flexibility index (Phi) is 4.47. The first-order valence-corrected chi connectivity index (χ1v) is 6.74. The Morgan fingerprint density at radius 1 is 1.25 bits per heavy atom. The Morgan fingerprint density at radius 3 is 2.75 bits per heavy atom. The van der Waals surface area contributed by atoms with Crippen molar-refractivity contribution in [1.82, 2.24) is 5.32 Å². The van der Waals surface area contributed by atoms with Crippen LogP contribution in [0.1, 0.15) is 38.5 Å². The number of carbonyl (C=O) groups is 1. The Balaban J connectivity index is 1.71. The molecule has 3 nitrogen and oxygen atoms in total. The van der Waals surface area contributed by atoms with Crippen LogP contribution in [0.15, 0.2) is 0 Å². The van der Waals surface area contributed by atoms with Gasteiger partial charge in [0.1, 0.15) is 6.10 Å². The summed E-state index contributed by atoms with van der Waals surface area (Å²) in [5.41, 5.74) is 0. The average molecular weight is 246 g/mol. The van der Waals surface area contributed by atoms with E-state index in [9.17, 15) is 4.79 Å². The van der Waals surface area contributed by atoms with E-state index in [0.29, 0.717) is 12.5 Å². The molecule has 1 aliphatic carbocycles. The fourth-order valence-corrected chi connectivity index (χ4v) is 2.89. The molecule has 1 N–H and O–H groups in total. The van der Waals surface area contributed by atoms with Crippen LogP contribution in [0.5, 0.6) is 0 Å². The van der Waals surface area contributed by atoms with Crippen molar-refractivity contribution in [3.63, 3.8) is 0 Å². The molecule has 3 unspecified atom stereocenters. The highest BCUT2D eigenvalue weighted by Gasteiger charge is 2.27. The van der Waals surface area contributed by atoms with Gasteiger partial charge in [0.25, 0.3) is 0 Å². The van der Waals surface area contributed by atoms with Crippen LogP contribution in [-0.2, 0) is 9.53 Å². The zero-order valence-corrected chi connectivity index (χ0v) is 10.3. The van der Waals surface area contributed by atoms with Gasteiger partial charge in [-0.2, -0.15) is 0 Å². The molecule has 0 spiro atoms. The molecule has 2 fully saturated rings. The largest absolute Gasteiger partial charge is 0.368 e. The number of hydrogen-bond donors (Lipinski definition) is 1. The molecule has 16 heavy (non-hydrogen) atoms. The molecule has 92 valence electrons. The van der Waals surface area contributed by atoms with Crippen LogP contribution in [-0.4, -0.2) is 30.5 Å². The van der Waals surface area contributed by atoms with Crippen molar-refractivity contribution in [3.8, 4) is 0 Å². The SMILES string of the molecule is O=C(NCC1CCCCC1Cl)C1CCCO1. The van der Waals surface area contributed by atoms with E-state index in [2.05, 4.69) is 5.32 Å². The second kappa shape index (κ2) is 5.87. The van der Waals surface area contributed by atoms with Crippen molar-refractivity contribution < 1.29 is 9.53 Å². The van der Waals surface area contributed by atoms with Crippen molar-refractivity contribution in [2.24, 2.45) is 5.92 Å². The lowest BCUT2D eigenvalue weighted by Crippen LogP contribution is -2.39. The maximum Gasteiger partial charge on any atom is 0.249 e. The highest BCUT2D eigenvalue weighted by Crippen LogP contribution is 2.28. The number of halogens is 1. The molecule has 1 saturated heterocycles. The van der Waals surface area contributed by atoms with Crippen LogP contribution >= 0.6 is 11.6 Å². The number of alkyl halides is 1. The Hall–Kier alpha value is -0.280. The zero-order chi connectivity index (χ0) is 11.4. The molecule has 4 heteroatoms. The second-order valence-electron chi connectivity index (χ2n) is 4.81. The third kappa shape index (κ3) is 3.11. The van der Waals surface area contributed by atoms with Crippen LogP contribution < -0.4 is 5.32 Å². The van der Waals surface area contributed by atoms with Gasteiger partial charge in [-0.15, -0.1) is 11.6 Å². The molecule has 0 aromatic heterocycles. The summed E-state index contributed by atoms with van der Waals surface area (Å²) in [6, 6.07) is 0. The molecule has 3 atom stereocenters. The average Bonchev–Trinajstić information content (AvgIpc) is 2.81. The van der Waals surface area contributed by atoms with Gasteiger partial charge in [0.2, 0.25) is 5.91 Å².